The fourth-order valence-corrected chi connectivity index (χ4v) is 2.84. The SMILES string of the molecule is CC(C)Cc1noc(CNC2(c3ccc(Cl)c(Cl)c3)CC2)n1. The topological polar surface area (TPSA) is 51.0 Å². The number of aromatic nitrogens is 2. The Morgan fingerprint density at radius 3 is 2.68 bits per heavy atom. The van der Waals surface area contributed by atoms with E-state index >= 15 is 0 Å². The summed E-state index contributed by atoms with van der Waals surface area (Å²) in [5.41, 5.74) is 1.12. The molecule has 0 amide bonds. The first kappa shape index (κ1) is 15.8. The minimum Gasteiger partial charge on any atom is -0.338 e. The Morgan fingerprint density at radius 2 is 2.05 bits per heavy atom. The van der Waals surface area contributed by atoms with E-state index in [4.69, 9.17) is 27.7 Å². The summed E-state index contributed by atoms with van der Waals surface area (Å²) in [6.07, 6.45) is 2.97. The fourth-order valence-electron chi connectivity index (χ4n) is 2.54. The Kier molecular flexibility index (Phi) is 4.44. The van der Waals surface area contributed by atoms with Gasteiger partial charge in [0, 0.05) is 12.0 Å². The van der Waals surface area contributed by atoms with Crippen LogP contribution in [0.3, 0.4) is 0 Å². The summed E-state index contributed by atoms with van der Waals surface area (Å²) in [7, 11) is 0. The van der Waals surface area contributed by atoms with Crippen molar-refractivity contribution in [2.24, 2.45) is 5.92 Å². The highest BCUT2D eigenvalue weighted by Crippen LogP contribution is 2.46. The number of hydrogen-bond donors (Lipinski definition) is 1. The molecule has 0 radical (unpaired) electrons. The lowest BCUT2D eigenvalue weighted by atomic mass is 10.1. The Balaban J connectivity index is 1.65. The number of halogens is 2. The Bertz CT molecular complexity index is 665. The van der Waals surface area contributed by atoms with Crippen molar-refractivity contribution >= 4 is 23.2 Å². The van der Waals surface area contributed by atoms with Crippen molar-refractivity contribution in [3.05, 3.63) is 45.5 Å². The number of nitrogens with one attached hydrogen (secondary N) is 1. The van der Waals surface area contributed by atoms with Crippen molar-refractivity contribution in [3.8, 4) is 0 Å². The highest BCUT2D eigenvalue weighted by molar-refractivity contribution is 6.42. The molecule has 1 N–H and O–H groups in total. The first-order valence-corrected chi connectivity index (χ1v) is 8.26. The molecule has 0 bridgehead atoms. The first-order chi connectivity index (χ1) is 10.5. The van der Waals surface area contributed by atoms with Gasteiger partial charge in [-0.2, -0.15) is 4.98 Å². The molecule has 118 valence electrons. The second-order valence-electron chi connectivity index (χ2n) is 6.27. The summed E-state index contributed by atoms with van der Waals surface area (Å²) in [5, 5.41) is 8.70. The summed E-state index contributed by atoms with van der Waals surface area (Å²) >= 11 is 12.1. The predicted molar refractivity (Wildman–Crippen MR) is 87.1 cm³/mol. The third kappa shape index (κ3) is 3.45. The van der Waals surface area contributed by atoms with Crippen LogP contribution in [0.4, 0.5) is 0 Å². The van der Waals surface area contributed by atoms with Gasteiger partial charge in [-0.1, -0.05) is 48.3 Å². The fraction of sp³-hybridized carbons (Fsp3) is 0.500. The van der Waals surface area contributed by atoms with Gasteiger partial charge in [0.2, 0.25) is 5.89 Å². The zero-order chi connectivity index (χ0) is 15.7. The molecule has 0 atom stereocenters. The van der Waals surface area contributed by atoms with Gasteiger partial charge < -0.3 is 4.52 Å². The van der Waals surface area contributed by atoms with Gasteiger partial charge in [0.15, 0.2) is 5.82 Å². The van der Waals surface area contributed by atoms with Crippen LogP contribution in [-0.4, -0.2) is 10.1 Å². The molecule has 1 fully saturated rings. The van der Waals surface area contributed by atoms with Gasteiger partial charge >= 0.3 is 0 Å². The second-order valence-corrected chi connectivity index (χ2v) is 7.08. The summed E-state index contributed by atoms with van der Waals surface area (Å²) in [5.74, 6) is 1.91. The molecule has 1 aliphatic rings. The quantitative estimate of drug-likeness (QED) is 0.849. The summed E-state index contributed by atoms with van der Waals surface area (Å²) in [6.45, 7) is 4.83. The third-order valence-electron chi connectivity index (χ3n) is 3.90. The average molecular weight is 340 g/mol. The second kappa shape index (κ2) is 6.19. The average Bonchev–Trinajstić information content (AvgIpc) is 3.13. The maximum Gasteiger partial charge on any atom is 0.240 e. The van der Waals surface area contributed by atoms with Gasteiger partial charge in [-0.05, 0) is 36.5 Å². The van der Waals surface area contributed by atoms with Gasteiger partial charge in [0.1, 0.15) is 0 Å². The molecule has 4 nitrogen and oxygen atoms in total. The van der Waals surface area contributed by atoms with Gasteiger partial charge in [0.25, 0.3) is 0 Å². The Hall–Kier alpha value is -1.10. The molecule has 1 saturated carbocycles. The normalized spacial score (nSPS) is 16.2. The van der Waals surface area contributed by atoms with Crippen LogP contribution in [-0.2, 0) is 18.5 Å². The van der Waals surface area contributed by atoms with E-state index in [0.717, 1.165) is 30.7 Å². The van der Waals surface area contributed by atoms with Crippen molar-refractivity contribution in [1.82, 2.24) is 15.5 Å². The zero-order valence-electron chi connectivity index (χ0n) is 12.7. The lowest BCUT2D eigenvalue weighted by molar-refractivity contribution is 0.348. The molecule has 3 rings (SSSR count). The highest BCUT2D eigenvalue weighted by atomic mass is 35.5. The van der Waals surface area contributed by atoms with Crippen LogP contribution in [0.15, 0.2) is 22.7 Å². The zero-order valence-corrected chi connectivity index (χ0v) is 14.2. The summed E-state index contributed by atoms with van der Waals surface area (Å²) in [6, 6.07) is 5.79. The van der Waals surface area contributed by atoms with E-state index in [0.29, 0.717) is 28.4 Å². The minimum atomic E-state index is -0.0408. The van der Waals surface area contributed by atoms with Crippen molar-refractivity contribution in [1.29, 1.82) is 0 Å². The number of hydrogen-bond acceptors (Lipinski definition) is 4. The molecule has 6 heteroatoms. The predicted octanol–water partition coefficient (Wildman–Crippen LogP) is 4.35. The molecular formula is C16H19Cl2N3O. The number of nitrogens with zero attached hydrogens (tertiary/aromatic N) is 2. The lowest BCUT2D eigenvalue weighted by Gasteiger charge is -2.17. The first-order valence-electron chi connectivity index (χ1n) is 7.50. The van der Waals surface area contributed by atoms with E-state index in [1.165, 1.54) is 0 Å². The third-order valence-corrected chi connectivity index (χ3v) is 4.64. The van der Waals surface area contributed by atoms with Crippen LogP contribution < -0.4 is 5.32 Å². The largest absolute Gasteiger partial charge is 0.338 e. The van der Waals surface area contributed by atoms with Crippen LogP contribution in [0.2, 0.25) is 10.0 Å². The Labute approximate surface area is 140 Å². The number of benzene rings is 1. The minimum absolute atomic E-state index is 0.0408. The highest BCUT2D eigenvalue weighted by Gasteiger charge is 2.44. The molecule has 0 aliphatic heterocycles. The van der Waals surface area contributed by atoms with Crippen molar-refractivity contribution in [2.75, 3.05) is 0 Å². The van der Waals surface area contributed by atoms with Crippen LogP contribution in [0.1, 0.15) is 44.0 Å². The maximum absolute atomic E-state index is 6.12. The molecule has 0 unspecified atom stereocenters. The molecule has 0 saturated heterocycles. The summed E-state index contributed by atoms with van der Waals surface area (Å²) in [4.78, 5) is 4.42. The van der Waals surface area contributed by atoms with E-state index in [1.807, 2.05) is 18.2 Å². The van der Waals surface area contributed by atoms with Crippen LogP contribution in [0.5, 0.6) is 0 Å². The van der Waals surface area contributed by atoms with E-state index in [9.17, 15) is 0 Å². The molecular weight excluding hydrogens is 321 g/mol. The van der Waals surface area contributed by atoms with Crippen LogP contribution in [0.25, 0.3) is 0 Å². The monoisotopic (exact) mass is 339 g/mol. The smallest absolute Gasteiger partial charge is 0.240 e. The Morgan fingerprint density at radius 1 is 1.27 bits per heavy atom. The number of rotatable bonds is 6. The molecule has 22 heavy (non-hydrogen) atoms. The van der Waals surface area contributed by atoms with E-state index in [-0.39, 0.29) is 5.54 Å². The van der Waals surface area contributed by atoms with E-state index in [1.54, 1.807) is 0 Å². The summed E-state index contributed by atoms with van der Waals surface area (Å²) < 4.78 is 5.30. The van der Waals surface area contributed by atoms with Crippen molar-refractivity contribution in [2.45, 2.75) is 45.2 Å². The van der Waals surface area contributed by atoms with Crippen molar-refractivity contribution in [3.63, 3.8) is 0 Å². The van der Waals surface area contributed by atoms with Gasteiger partial charge in [0.05, 0.1) is 16.6 Å². The molecule has 2 aromatic rings. The van der Waals surface area contributed by atoms with E-state index < -0.39 is 0 Å². The molecule has 1 aliphatic carbocycles. The van der Waals surface area contributed by atoms with Crippen LogP contribution in [0, 0.1) is 5.92 Å². The maximum atomic E-state index is 6.12. The van der Waals surface area contributed by atoms with E-state index in [2.05, 4.69) is 29.3 Å². The van der Waals surface area contributed by atoms with Gasteiger partial charge in [-0.15, -0.1) is 0 Å². The molecule has 1 aromatic heterocycles. The molecule has 0 spiro atoms. The molecule has 1 heterocycles. The standard InChI is InChI=1S/C16H19Cl2N3O/c1-10(2)7-14-20-15(22-21-14)9-19-16(5-6-16)11-3-4-12(17)13(18)8-11/h3-4,8,10,19H,5-7,9H2,1-2H3. The van der Waals surface area contributed by atoms with Gasteiger partial charge in [-0.3, -0.25) is 5.32 Å². The van der Waals surface area contributed by atoms with Crippen LogP contribution >= 0.6 is 23.2 Å². The molecule has 1 aromatic carbocycles. The van der Waals surface area contributed by atoms with Gasteiger partial charge in [-0.25, -0.2) is 0 Å². The lowest BCUT2D eigenvalue weighted by Crippen LogP contribution is -2.28. The van der Waals surface area contributed by atoms with Crippen molar-refractivity contribution < 1.29 is 4.52 Å².